The smallest absolute Gasteiger partial charge is 0.0684 e. The summed E-state index contributed by atoms with van der Waals surface area (Å²) >= 11 is 0. The molecule has 1 aromatic carbocycles. The van der Waals surface area contributed by atoms with Crippen LogP contribution >= 0.6 is 0 Å². The summed E-state index contributed by atoms with van der Waals surface area (Å²) in [6.07, 6.45) is 4.37. The molecule has 1 aliphatic rings. The monoisotopic (exact) mass is 200 g/mol. The molecule has 0 amide bonds. The first kappa shape index (κ1) is 10.2. The van der Waals surface area contributed by atoms with E-state index in [1.54, 1.807) is 0 Å². The van der Waals surface area contributed by atoms with Gasteiger partial charge in [-0.2, -0.15) is 0 Å². The highest BCUT2D eigenvalue weighted by Gasteiger charge is 2.18. The zero-order chi connectivity index (χ0) is 10.8. The molecule has 1 N–H and O–H groups in total. The van der Waals surface area contributed by atoms with Crippen LogP contribution in [0.4, 0.5) is 0 Å². The quantitative estimate of drug-likeness (QED) is 0.777. The minimum absolute atomic E-state index is 0.118. The van der Waals surface area contributed by atoms with Crippen molar-refractivity contribution in [2.45, 2.75) is 26.4 Å². The van der Waals surface area contributed by atoms with Crippen LogP contribution in [0.1, 0.15) is 30.9 Å². The average Bonchev–Trinajstić information content (AvgIpc) is 2.60. The lowest BCUT2D eigenvalue weighted by Gasteiger charge is -2.15. The van der Waals surface area contributed by atoms with Crippen molar-refractivity contribution in [3.8, 4) is 0 Å². The summed E-state index contributed by atoms with van der Waals surface area (Å²) < 4.78 is 0. The van der Waals surface area contributed by atoms with Crippen molar-refractivity contribution < 1.29 is 5.11 Å². The van der Waals surface area contributed by atoms with Gasteiger partial charge in [-0.25, -0.2) is 0 Å². The summed E-state index contributed by atoms with van der Waals surface area (Å²) in [6.45, 7) is 4.41. The molecule has 1 unspecified atom stereocenters. The largest absolute Gasteiger partial charge is 0.392 e. The van der Waals surface area contributed by atoms with Gasteiger partial charge in [0.05, 0.1) is 6.61 Å². The molecule has 1 atom stereocenters. The minimum atomic E-state index is 0.118. The zero-order valence-electron chi connectivity index (χ0n) is 9.20. The Labute approximate surface area is 90.8 Å². The van der Waals surface area contributed by atoms with Crippen molar-refractivity contribution in [2.24, 2.45) is 0 Å². The van der Waals surface area contributed by atoms with E-state index < -0.39 is 0 Å². The van der Waals surface area contributed by atoms with E-state index in [-0.39, 0.29) is 6.61 Å². The summed E-state index contributed by atoms with van der Waals surface area (Å²) in [5, 5.41) is 9.29. The predicted octanol–water partition coefficient (Wildman–Crippen LogP) is 3.17. The van der Waals surface area contributed by atoms with Crippen molar-refractivity contribution in [3.63, 3.8) is 0 Å². The lowest BCUT2D eigenvalue weighted by atomic mass is 9.90. The lowest BCUT2D eigenvalue weighted by molar-refractivity contribution is 0.280. The summed E-state index contributed by atoms with van der Waals surface area (Å²) in [4.78, 5) is 0. The van der Waals surface area contributed by atoms with Crippen LogP contribution in [0.3, 0.4) is 0 Å². The molecule has 1 heteroatoms. The third kappa shape index (κ3) is 1.75. The van der Waals surface area contributed by atoms with Gasteiger partial charge in [-0.1, -0.05) is 47.6 Å². The van der Waals surface area contributed by atoms with Crippen LogP contribution < -0.4 is 0 Å². The number of hydrogen-bond acceptors (Lipinski definition) is 1. The van der Waals surface area contributed by atoms with Crippen molar-refractivity contribution >= 4 is 0 Å². The zero-order valence-corrected chi connectivity index (χ0v) is 9.20. The van der Waals surface area contributed by atoms with Crippen LogP contribution in [0.15, 0.2) is 47.6 Å². The summed E-state index contributed by atoms with van der Waals surface area (Å²) in [5.74, 6) is 0.355. The second-order valence-corrected chi connectivity index (χ2v) is 4.06. The van der Waals surface area contributed by atoms with Crippen molar-refractivity contribution in [1.82, 2.24) is 0 Å². The molecule has 78 valence electrons. The number of aliphatic hydroxyl groups excluding tert-OH is 1. The molecule has 15 heavy (non-hydrogen) atoms. The average molecular weight is 200 g/mol. The molecule has 0 heterocycles. The third-order valence-electron chi connectivity index (χ3n) is 3.19. The van der Waals surface area contributed by atoms with E-state index in [9.17, 15) is 5.11 Å². The molecule has 1 aromatic rings. The van der Waals surface area contributed by atoms with E-state index in [1.807, 2.05) is 18.2 Å². The van der Waals surface area contributed by atoms with Gasteiger partial charge >= 0.3 is 0 Å². The van der Waals surface area contributed by atoms with Gasteiger partial charge in [-0.15, -0.1) is 0 Å². The Hall–Kier alpha value is -1.34. The number of hydrogen-bond donors (Lipinski definition) is 1. The Morgan fingerprint density at radius 3 is 2.53 bits per heavy atom. The van der Waals surface area contributed by atoms with Crippen molar-refractivity contribution in [3.05, 3.63) is 58.7 Å². The fourth-order valence-electron chi connectivity index (χ4n) is 2.08. The molecular formula is C14H16O. The van der Waals surface area contributed by atoms with Crippen LogP contribution in [-0.4, -0.2) is 5.11 Å². The number of benzene rings is 1. The Balaban J connectivity index is 2.43. The molecule has 0 aromatic heterocycles. The second kappa shape index (κ2) is 4.03. The number of aliphatic hydroxyl groups is 1. The van der Waals surface area contributed by atoms with E-state index in [4.69, 9.17) is 0 Å². The van der Waals surface area contributed by atoms with Crippen LogP contribution in [0, 0.1) is 0 Å². The highest BCUT2D eigenvalue weighted by Crippen LogP contribution is 2.35. The molecule has 0 saturated carbocycles. The molecule has 0 bridgehead atoms. The fraction of sp³-hybridized carbons (Fsp3) is 0.286. The van der Waals surface area contributed by atoms with Crippen molar-refractivity contribution in [2.75, 3.05) is 0 Å². The normalized spacial score (nSPS) is 20.1. The van der Waals surface area contributed by atoms with E-state index in [1.165, 1.54) is 16.7 Å². The lowest BCUT2D eigenvalue weighted by Crippen LogP contribution is -2.00. The fourth-order valence-corrected chi connectivity index (χ4v) is 2.08. The maximum absolute atomic E-state index is 9.29. The highest BCUT2D eigenvalue weighted by molar-refractivity contribution is 5.46. The van der Waals surface area contributed by atoms with Gasteiger partial charge in [0, 0.05) is 5.92 Å². The molecular weight excluding hydrogens is 184 g/mol. The Bertz CT molecular complexity index is 427. The van der Waals surface area contributed by atoms with Gasteiger partial charge in [0.15, 0.2) is 0 Å². The Morgan fingerprint density at radius 1 is 1.20 bits per heavy atom. The second-order valence-electron chi connectivity index (χ2n) is 4.06. The number of rotatable bonds is 2. The topological polar surface area (TPSA) is 20.2 Å². The Morgan fingerprint density at radius 2 is 1.93 bits per heavy atom. The molecule has 0 aliphatic heterocycles. The predicted molar refractivity (Wildman–Crippen MR) is 62.6 cm³/mol. The van der Waals surface area contributed by atoms with Crippen LogP contribution in [0.2, 0.25) is 0 Å². The van der Waals surface area contributed by atoms with Gasteiger partial charge in [0.2, 0.25) is 0 Å². The van der Waals surface area contributed by atoms with Crippen LogP contribution in [0.5, 0.6) is 0 Å². The summed E-state index contributed by atoms with van der Waals surface area (Å²) in [6, 6.07) is 8.09. The molecule has 0 spiro atoms. The van der Waals surface area contributed by atoms with E-state index in [0.29, 0.717) is 5.92 Å². The van der Waals surface area contributed by atoms with Gasteiger partial charge in [-0.05, 0) is 25.0 Å². The Kier molecular flexibility index (Phi) is 2.74. The highest BCUT2D eigenvalue weighted by atomic mass is 16.3. The first-order valence-corrected chi connectivity index (χ1v) is 5.28. The first-order valence-electron chi connectivity index (χ1n) is 5.28. The molecule has 1 nitrogen and oxygen atoms in total. The standard InChI is InChI=1S/C14H16O/c1-10-7-8-13(11(10)2)14-6-4-3-5-12(14)9-15/h3-8,13,15H,9H2,1-2H3. The number of allylic oxidation sites excluding steroid dienone is 4. The molecule has 0 fully saturated rings. The molecule has 1 aliphatic carbocycles. The summed E-state index contributed by atoms with van der Waals surface area (Å²) in [7, 11) is 0. The SMILES string of the molecule is CC1=C(C)C(c2ccccc2CO)C=C1. The van der Waals surface area contributed by atoms with Crippen molar-refractivity contribution in [1.29, 1.82) is 0 Å². The van der Waals surface area contributed by atoms with E-state index in [0.717, 1.165) is 5.56 Å². The van der Waals surface area contributed by atoms with E-state index in [2.05, 4.69) is 32.1 Å². The molecule has 0 saturated heterocycles. The summed E-state index contributed by atoms with van der Waals surface area (Å²) in [5.41, 5.74) is 4.98. The van der Waals surface area contributed by atoms with E-state index >= 15 is 0 Å². The maximum Gasteiger partial charge on any atom is 0.0684 e. The third-order valence-corrected chi connectivity index (χ3v) is 3.19. The van der Waals surface area contributed by atoms with Crippen LogP contribution in [-0.2, 0) is 6.61 Å². The van der Waals surface area contributed by atoms with Gasteiger partial charge in [-0.3, -0.25) is 0 Å². The molecule has 0 radical (unpaired) electrons. The van der Waals surface area contributed by atoms with Gasteiger partial charge in [0.25, 0.3) is 0 Å². The van der Waals surface area contributed by atoms with Gasteiger partial charge in [0.1, 0.15) is 0 Å². The van der Waals surface area contributed by atoms with Crippen LogP contribution in [0.25, 0.3) is 0 Å². The molecule has 2 rings (SSSR count). The maximum atomic E-state index is 9.29. The van der Waals surface area contributed by atoms with Gasteiger partial charge < -0.3 is 5.11 Å². The first-order chi connectivity index (χ1) is 7.24. The minimum Gasteiger partial charge on any atom is -0.392 e.